The first-order chi connectivity index (χ1) is 10.4. The van der Waals surface area contributed by atoms with E-state index in [4.69, 9.17) is 21.4 Å². The zero-order chi connectivity index (χ0) is 16.3. The number of likely N-dealkylation sites (tertiary alicyclic amines) is 1. The Kier molecular flexibility index (Phi) is 5.29. The number of carboxylic acids is 1. The number of nitrogens with zero attached hydrogens (tertiary/aromatic N) is 1. The van der Waals surface area contributed by atoms with Crippen molar-refractivity contribution in [2.45, 2.75) is 20.3 Å². The number of piperidine rings is 1. The molecule has 0 saturated carbocycles. The molecule has 22 heavy (non-hydrogen) atoms. The maximum absolute atomic E-state index is 12.2. The smallest absolute Gasteiger partial charge is 0.306 e. The molecule has 0 bridgehead atoms. The average Bonchev–Trinajstić information content (AvgIpc) is 2.45. The Labute approximate surface area is 134 Å². The van der Waals surface area contributed by atoms with Crippen LogP contribution < -0.4 is 4.74 Å². The summed E-state index contributed by atoms with van der Waals surface area (Å²) in [7, 11) is 0. The number of aliphatic carboxylic acids is 1. The van der Waals surface area contributed by atoms with E-state index in [2.05, 4.69) is 0 Å². The molecule has 1 aliphatic heterocycles. The first kappa shape index (κ1) is 16.6. The van der Waals surface area contributed by atoms with Crippen LogP contribution >= 0.6 is 11.6 Å². The van der Waals surface area contributed by atoms with Crippen LogP contribution in [0.4, 0.5) is 0 Å². The van der Waals surface area contributed by atoms with Gasteiger partial charge in [-0.3, -0.25) is 9.59 Å². The van der Waals surface area contributed by atoms with Crippen LogP contribution in [0, 0.1) is 18.8 Å². The fourth-order valence-electron chi connectivity index (χ4n) is 2.74. The Balaban J connectivity index is 1.89. The van der Waals surface area contributed by atoms with Crippen molar-refractivity contribution in [1.29, 1.82) is 0 Å². The molecule has 2 rings (SSSR count). The number of rotatable bonds is 4. The lowest BCUT2D eigenvalue weighted by atomic mass is 9.87. The molecule has 2 unspecified atom stereocenters. The highest BCUT2D eigenvalue weighted by Gasteiger charge is 2.32. The van der Waals surface area contributed by atoms with Crippen LogP contribution in [0.5, 0.6) is 5.75 Å². The van der Waals surface area contributed by atoms with Gasteiger partial charge >= 0.3 is 5.97 Å². The van der Waals surface area contributed by atoms with Crippen LogP contribution in [0.15, 0.2) is 18.2 Å². The van der Waals surface area contributed by atoms with Crippen molar-refractivity contribution in [1.82, 2.24) is 4.90 Å². The molecule has 5 nitrogen and oxygen atoms in total. The van der Waals surface area contributed by atoms with E-state index in [9.17, 15) is 9.59 Å². The lowest BCUT2D eigenvalue weighted by Gasteiger charge is -2.34. The van der Waals surface area contributed by atoms with Gasteiger partial charge in [0.25, 0.3) is 5.91 Å². The number of ether oxygens (including phenoxy) is 1. The van der Waals surface area contributed by atoms with Gasteiger partial charge in [0.1, 0.15) is 5.75 Å². The largest absolute Gasteiger partial charge is 0.483 e. The lowest BCUT2D eigenvalue weighted by molar-refractivity contribution is -0.148. The van der Waals surface area contributed by atoms with Crippen LogP contribution in [0.25, 0.3) is 0 Å². The summed E-state index contributed by atoms with van der Waals surface area (Å²) in [6.45, 7) is 4.60. The van der Waals surface area contributed by atoms with E-state index >= 15 is 0 Å². The number of carboxylic acid groups (broad SMARTS) is 1. The van der Waals surface area contributed by atoms with Gasteiger partial charge in [0, 0.05) is 18.1 Å². The first-order valence-corrected chi connectivity index (χ1v) is 7.66. The van der Waals surface area contributed by atoms with E-state index in [-0.39, 0.29) is 24.3 Å². The van der Waals surface area contributed by atoms with Crippen molar-refractivity contribution < 1.29 is 19.4 Å². The van der Waals surface area contributed by atoms with E-state index in [1.54, 1.807) is 23.1 Å². The van der Waals surface area contributed by atoms with Gasteiger partial charge in [-0.1, -0.05) is 18.5 Å². The Bertz CT molecular complexity index is 575. The van der Waals surface area contributed by atoms with Crippen LogP contribution in [0.1, 0.15) is 18.9 Å². The second-order valence-electron chi connectivity index (χ2n) is 5.75. The molecule has 1 aromatic carbocycles. The monoisotopic (exact) mass is 325 g/mol. The first-order valence-electron chi connectivity index (χ1n) is 7.28. The van der Waals surface area contributed by atoms with E-state index in [1.165, 1.54) is 0 Å². The molecule has 0 radical (unpaired) electrons. The predicted octanol–water partition coefficient (Wildman–Crippen LogP) is 2.60. The van der Waals surface area contributed by atoms with Crippen molar-refractivity contribution in [2.75, 3.05) is 19.7 Å². The number of hydrogen-bond donors (Lipinski definition) is 1. The third-order valence-corrected chi connectivity index (χ3v) is 4.30. The van der Waals surface area contributed by atoms with Crippen LogP contribution in [-0.4, -0.2) is 41.6 Å². The molecular weight excluding hydrogens is 306 g/mol. The minimum Gasteiger partial charge on any atom is -0.483 e. The predicted molar refractivity (Wildman–Crippen MR) is 83.2 cm³/mol. The molecule has 2 atom stereocenters. The highest BCUT2D eigenvalue weighted by molar-refractivity contribution is 6.30. The molecular formula is C16H20ClNO4. The second kappa shape index (κ2) is 7.01. The molecule has 1 saturated heterocycles. The minimum atomic E-state index is -0.785. The SMILES string of the molecule is Cc1cc(Cl)ccc1OCC(=O)N1CCC(C(=O)O)C(C)C1. The van der Waals surface area contributed by atoms with E-state index < -0.39 is 5.97 Å². The van der Waals surface area contributed by atoms with Gasteiger partial charge in [0.15, 0.2) is 6.61 Å². The molecule has 1 heterocycles. The van der Waals surface area contributed by atoms with Gasteiger partial charge in [0.2, 0.25) is 0 Å². The molecule has 1 N–H and O–H groups in total. The Hall–Kier alpha value is -1.75. The number of carbonyl (C=O) groups is 2. The topological polar surface area (TPSA) is 66.8 Å². The highest BCUT2D eigenvalue weighted by atomic mass is 35.5. The summed E-state index contributed by atoms with van der Waals surface area (Å²) in [5.41, 5.74) is 0.873. The average molecular weight is 326 g/mol. The Morgan fingerprint density at radius 1 is 1.45 bits per heavy atom. The number of aryl methyl sites for hydroxylation is 1. The molecule has 6 heteroatoms. The third kappa shape index (κ3) is 3.91. The van der Waals surface area contributed by atoms with Gasteiger partial charge in [-0.25, -0.2) is 0 Å². The van der Waals surface area contributed by atoms with E-state index in [0.717, 1.165) is 5.56 Å². The molecule has 120 valence electrons. The summed E-state index contributed by atoms with van der Waals surface area (Å²) in [5.74, 6) is -0.695. The fraction of sp³-hybridized carbons (Fsp3) is 0.500. The molecule has 0 aromatic heterocycles. The highest BCUT2D eigenvalue weighted by Crippen LogP contribution is 2.24. The summed E-state index contributed by atoms with van der Waals surface area (Å²) in [4.78, 5) is 25.0. The zero-order valence-corrected chi connectivity index (χ0v) is 13.5. The van der Waals surface area contributed by atoms with Crippen molar-refractivity contribution in [3.8, 4) is 5.75 Å². The standard InChI is InChI=1S/C16H20ClNO4/c1-10-7-12(17)3-4-14(10)22-9-15(19)18-6-5-13(16(20)21)11(2)8-18/h3-4,7,11,13H,5-6,8-9H2,1-2H3,(H,20,21). The number of amides is 1. The van der Waals surface area contributed by atoms with Gasteiger partial charge in [-0.05, 0) is 43.0 Å². The molecule has 1 fully saturated rings. The second-order valence-corrected chi connectivity index (χ2v) is 6.19. The summed E-state index contributed by atoms with van der Waals surface area (Å²) in [5, 5.41) is 9.73. The van der Waals surface area contributed by atoms with Crippen LogP contribution in [-0.2, 0) is 9.59 Å². The Morgan fingerprint density at radius 3 is 2.77 bits per heavy atom. The van der Waals surface area contributed by atoms with Gasteiger partial charge in [-0.15, -0.1) is 0 Å². The molecule has 1 aliphatic rings. The number of carbonyl (C=O) groups excluding carboxylic acids is 1. The summed E-state index contributed by atoms with van der Waals surface area (Å²) in [6.07, 6.45) is 0.488. The minimum absolute atomic E-state index is 0.0486. The molecule has 1 amide bonds. The van der Waals surface area contributed by atoms with Crippen LogP contribution in [0.3, 0.4) is 0 Å². The van der Waals surface area contributed by atoms with Crippen molar-refractivity contribution in [2.24, 2.45) is 11.8 Å². The number of benzene rings is 1. The van der Waals surface area contributed by atoms with E-state index in [1.807, 2.05) is 13.8 Å². The normalized spacial score (nSPS) is 21.5. The quantitative estimate of drug-likeness (QED) is 0.924. The van der Waals surface area contributed by atoms with Gasteiger partial charge < -0.3 is 14.7 Å². The van der Waals surface area contributed by atoms with E-state index in [0.29, 0.717) is 30.3 Å². The number of halogens is 1. The van der Waals surface area contributed by atoms with Crippen LogP contribution in [0.2, 0.25) is 5.02 Å². The summed E-state index contributed by atoms with van der Waals surface area (Å²) >= 11 is 5.88. The van der Waals surface area contributed by atoms with Crippen molar-refractivity contribution in [3.63, 3.8) is 0 Å². The molecule has 0 spiro atoms. The van der Waals surface area contributed by atoms with Gasteiger partial charge in [0.05, 0.1) is 5.92 Å². The van der Waals surface area contributed by atoms with Crippen molar-refractivity contribution in [3.05, 3.63) is 28.8 Å². The van der Waals surface area contributed by atoms with Crippen molar-refractivity contribution >= 4 is 23.5 Å². The number of hydrogen-bond acceptors (Lipinski definition) is 3. The fourth-order valence-corrected chi connectivity index (χ4v) is 2.97. The zero-order valence-electron chi connectivity index (χ0n) is 12.7. The maximum atomic E-state index is 12.2. The maximum Gasteiger partial charge on any atom is 0.306 e. The summed E-state index contributed by atoms with van der Waals surface area (Å²) < 4.78 is 5.55. The lowest BCUT2D eigenvalue weighted by Crippen LogP contribution is -2.46. The van der Waals surface area contributed by atoms with Gasteiger partial charge in [-0.2, -0.15) is 0 Å². The molecule has 0 aliphatic carbocycles. The summed E-state index contributed by atoms with van der Waals surface area (Å²) in [6, 6.07) is 5.24. The third-order valence-electron chi connectivity index (χ3n) is 4.06. The Morgan fingerprint density at radius 2 is 2.18 bits per heavy atom. The molecule has 1 aromatic rings.